The first-order chi connectivity index (χ1) is 24.3. The van der Waals surface area contributed by atoms with E-state index < -0.39 is 0 Å². The standard InChI is InChI=1S/C48H36O/c1-3-12-32(13-4-1)33-22-24-34(25-23-33)35-14-9-15-36(30-35)38-17-10-19-42-43-20-11-18-39(47(43)49-46(38)42)37-26-27-41-40-16-5-6-21-44(40)48(45(41)31-37)28-7-2-8-29-48/h1,3-6,9-27,30-31H,2,7-8,28-29H2. The summed E-state index contributed by atoms with van der Waals surface area (Å²) in [6.45, 7) is 0. The first kappa shape index (κ1) is 28.4. The van der Waals surface area contributed by atoms with Crippen molar-refractivity contribution in [3.05, 3.63) is 169 Å². The molecular formula is C48H36O. The molecule has 7 aromatic carbocycles. The van der Waals surface area contributed by atoms with Crippen LogP contribution >= 0.6 is 0 Å². The molecule has 0 amide bonds. The summed E-state index contributed by atoms with van der Waals surface area (Å²) in [7, 11) is 0. The molecule has 1 fully saturated rings. The first-order valence-corrected chi connectivity index (χ1v) is 17.7. The quantitative estimate of drug-likeness (QED) is 0.189. The lowest BCUT2D eigenvalue weighted by Gasteiger charge is -2.36. The molecule has 1 aromatic heterocycles. The Bertz CT molecular complexity index is 2510. The van der Waals surface area contributed by atoms with Crippen molar-refractivity contribution in [2.45, 2.75) is 37.5 Å². The molecule has 0 radical (unpaired) electrons. The minimum atomic E-state index is 0.127. The van der Waals surface area contributed by atoms with Crippen molar-refractivity contribution in [2.75, 3.05) is 0 Å². The molecule has 1 heteroatoms. The predicted octanol–water partition coefficient (Wildman–Crippen LogP) is 13.5. The van der Waals surface area contributed by atoms with E-state index in [-0.39, 0.29) is 5.41 Å². The second-order valence-corrected chi connectivity index (χ2v) is 13.9. The van der Waals surface area contributed by atoms with E-state index in [9.17, 15) is 0 Å². The minimum Gasteiger partial charge on any atom is -0.455 e. The maximum atomic E-state index is 6.95. The summed E-state index contributed by atoms with van der Waals surface area (Å²) in [4.78, 5) is 0. The van der Waals surface area contributed by atoms with Crippen molar-refractivity contribution < 1.29 is 4.42 Å². The summed E-state index contributed by atoms with van der Waals surface area (Å²) >= 11 is 0. The monoisotopic (exact) mass is 628 g/mol. The van der Waals surface area contributed by atoms with E-state index in [0.717, 1.165) is 38.6 Å². The Morgan fingerprint density at radius 2 is 0.857 bits per heavy atom. The smallest absolute Gasteiger partial charge is 0.143 e. The molecule has 8 aromatic rings. The lowest BCUT2D eigenvalue weighted by atomic mass is 9.67. The van der Waals surface area contributed by atoms with Crippen LogP contribution in [0.15, 0.2) is 162 Å². The average molecular weight is 629 g/mol. The number of hydrogen-bond donors (Lipinski definition) is 0. The molecule has 0 unspecified atom stereocenters. The molecule has 10 rings (SSSR count). The molecule has 2 aliphatic rings. The number of furan rings is 1. The zero-order valence-electron chi connectivity index (χ0n) is 27.5. The van der Waals surface area contributed by atoms with Crippen LogP contribution in [0.3, 0.4) is 0 Å². The van der Waals surface area contributed by atoms with Crippen LogP contribution in [0, 0.1) is 0 Å². The molecule has 234 valence electrons. The fraction of sp³-hybridized carbons (Fsp3) is 0.125. The van der Waals surface area contributed by atoms with E-state index >= 15 is 0 Å². The third-order valence-electron chi connectivity index (χ3n) is 11.3. The van der Waals surface area contributed by atoms with Gasteiger partial charge < -0.3 is 4.42 Å². The van der Waals surface area contributed by atoms with E-state index in [1.54, 1.807) is 0 Å². The van der Waals surface area contributed by atoms with Gasteiger partial charge in [0.05, 0.1) is 0 Å². The maximum absolute atomic E-state index is 6.95. The van der Waals surface area contributed by atoms with Crippen LogP contribution < -0.4 is 0 Å². The molecule has 0 N–H and O–H groups in total. The van der Waals surface area contributed by atoms with E-state index in [0.29, 0.717) is 0 Å². The van der Waals surface area contributed by atoms with Crippen LogP contribution in [-0.2, 0) is 5.41 Å². The zero-order valence-corrected chi connectivity index (χ0v) is 27.5. The second-order valence-electron chi connectivity index (χ2n) is 13.9. The predicted molar refractivity (Wildman–Crippen MR) is 205 cm³/mol. The molecule has 0 bridgehead atoms. The molecule has 0 saturated heterocycles. The Labute approximate surface area is 287 Å². The van der Waals surface area contributed by atoms with Crippen LogP contribution in [0.25, 0.3) is 77.6 Å². The number of para-hydroxylation sites is 2. The Kier molecular flexibility index (Phi) is 6.49. The van der Waals surface area contributed by atoms with Gasteiger partial charge in [0.15, 0.2) is 0 Å². The maximum Gasteiger partial charge on any atom is 0.143 e. The molecule has 2 aliphatic carbocycles. The molecular weight excluding hydrogens is 593 g/mol. The SMILES string of the molecule is c1ccc(-c2ccc(-c3cccc(-c4cccc5c4oc4c(-c6ccc7c(c6)C6(CCCCC6)c6ccccc6-7)cccc45)c3)cc2)cc1. The third kappa shape index (κ3) is 4.46. The fourth-order valence-electron chi connectivity index (χ4n) is 8.94. The van der Waals surface area contributed by atoms with Crippen LogP contribution in [0.5, 0.6) is 0 Å². The number of rotatable bonds is 4. The molecule has 49 heavy (non-hydrogen) atoms. The molecule has 1 spiro atoms. The van der Waals surface area contributed by atoms with E-state index in [4.69, 9.17) is 4.42 Å². The normalized spacial score (nSPS) is 14.7. The van der Waals surface area contributed by atoms with Gasteiger partial charge in [-0.1, -0.05) is 165 Å². The van der Waals surface area contributed by atoms with Gasteiger partial charge in [-0.2, -0.15) is 0 Å². The molecule has 1 saturated carbocycles. The van der Waals surface area contributed by atoms with Crippen LogP contribution in [-0.4, -0.2) is 0 Å². The average Bonchev–Trinajstić information content (AvgIpc) is 3.69. The Morgan fingerprint density at radius 3 is 1.59 bits per heavy atom. The second kappa shape index (κ2) is 11.2. The van der Waals surface area contributed by atoms with E-state index in [2.05, 4.69) is 158 Å². The van der Waals surface area contributed by atoms with Gasteiger partial charge in [0.1, 0.15) is 11.2 Å². The summed E-state index contributed by atoms with van der Waals surface area (Å²) in [5.41, 5.74) is 17.4. The van der Waals surface area contributed by atoms with Gasteiger partial charge in [0.2, 0.25) is 0 Å². The van der Waals surface area contributed by atoms with Gasteiger partial charge in [0.25, 0.3) is 0 Å². The summed E-state index contributed by atoms with van der Waals surface area (Å²) in [6.07, 6.45) is 6.38. The van der Waals surface area contributed by atoms with Gasteiger partial charge in [-0.25, -0.2) is 0 Å². The zero-order chi connectivity index (χ0) is 32.4. The number of fused-ring (bicyclic) bond motifs is 8. The summed E-state index contributed by atoms with van der Waals surface area (Å²) < 4.78 is 6.95. The topological polar surface area (TPSA) is 13.1 Å². The minimum absolute atomic E-state index is 0.127. The van der Waals surface area contributed by atoms with E-state index in [1.807, 2.05) is 0 Å². The van der Waals surface area contributed by atoms with Gasteiger partial charge in [0, 0.05) is 27.3 Å². The van der Waals surface area contributed by atoms with Gasteiger partial charge in [-0.15, -0.1) is 0 Å². The van der Waals surface area contributed by atoms with Gasteiger partial charge in [-0.05, 0) is 80.6 Å². The summed E-state index contributed by atoms with van der Waals surface area (Å²) in [5.74, 6) is 0. The summed E-state index contributed by atoms with van der Waals surface area (Å²) in [5, 5.41) is 2.32. The number of hydrogen-bond acceptors (Lipinski definition) is 1. The molecule has 0 atom stereocenters. The van der Waals surface area contributed by atoms with Crippen molar-refractivity contribution in [3.8, 4) is 55.6 Å². The lowest BCUT2D eigenvalue weighted by Crippen LogP contribution is -2.28. The highest BCUT2D eigenvalue weighted by Crippen LogP contribution is 2.56. The van der Waals surface area contributed by atoms with Crippen molar-refractivity contribution >= 4 is 21.9 Å². The fourth-order valence-corrected chi connectivity index (χ4v) is 8.94. The van der Waals surface area contributed by atoms with Crippen molar-refractivity contribution in [3.63, 3.8) is 0 Å². The highest BCUT2D eigenvalue weighted by atomic mass is 16.3. The van der Waals surface area contributed by atoms with Crippen molar-refractivity contribution in [1.29, 1.82) is 0 Å². The van der Waals surface area contributed by atoms with Crippen LogP contribution in [0.2, 0.25) is 0 Å². The van der Waals surface area contributed by atoms with Crippen LogP contribution in [0.1, 0.15) is 43.2 Å². The Hall–Kier alpha value is -5.66. The van der Waals surface area contributed by atoms with Crippen molar-refractivity contribution in [2.24, 2.45) is 0 Å². The Balaban J connectivity index is 1.07. The molecule has 1 heterocycles. The largest absolute Gasteiger partial charge is 0.455 e. The van der Waals surface area contributed by atoms with Gasteiger partial charge in [-0.3, -0.25) is 0 Å². The van der Waals surface area contributed by atoms with E-state index in [1.165, 1.54) is 82.2 Å². The molecule has 0 aliphatic heterocycles. The lowest BCUT2D eigenvalue weighted by molar-refractivity contribution is 0.353. The van der Waals surface area contributed by atoms with Crippen molar-refractivity contribution in [1.82, 2.24) is 0 Å². The highest BCUT2D eigenvalue weighted by Gasteiger charge is 2.43. The summed E-state index contributed by atoms with van der Waals surface area (Å²) in [6, 6.07) is 57.8. The third-order valence-corrected chi connectivity index (χ3v) is 11.3. The highest BCUT2D eigenvalue weighted by molar-refractivity contribution is 6.13. The van der Waals surface area contributed by atoms with Gasteiger partial charge >= 0.3 is 0 Å². The van der Waals surface area contributed by atoms with Crippen LogP contribution in [0.4, 0.5) is 0 Å². The molecule has 1 nitrogen and oxygen atoms in total. The number of benzene rings is 7. The Morgan fingerprint density at radius 1 is 0.347 bits per heavy atom. The first-order valence-electron chi connectivity index (χ1n) is 17.7.